The van der Waals surface area contributed by atoms with E-state index in [0.717, 1.165) is 5.56 Å². The lowest BCUT2D eigenvalue weighted by Gasteiger charge is -2.06. The van der Waals surface area contributed by atoms with E-state index >= 15 is 0 Å². The summed E-state index contributed by atoms with van der Waals surface area (Å²) in [5.74, 6) is 0. The predicted octanol–water partition coefficient (Wildman–Crippen LogP) is 5.53. The summed E-state index contributed by atoms with van der Waals surface area (Å²) < 4.78 is 0. The summed E-state index contributed by atoms with van der Waals surface area (Å²) in [5, 5.41) is 13.9. The van der Waals surface area contributed by atoms with Gasteiger partial charge in [-0.1, -0.05) is 48.5 Å². The first kappa shape index (κ1) is 12.6. The van der Waals surface area contributed by atoms with Gasteiger partial charge in [-0.2, -0.15) is 5.26 Å². The monoisotopic (exact) mass is 279 g/mol. The molecule has 0 amide bonds. The van der Waals surface area contributed by atoms with E-state index in [9.17, 15) is 0 Å². The summed E-state index contributed by atoms with van der Waals surface area (Å²) in [5.41, 5.74) is 3.00. The van der Waals surface area contributed by atoms with Gasteiger partial charge in [-0.3, -0.25) is 0 Å². The summed E-state index contributed by atoms with van der Waals surface area (Å²) in [4.78, 5) is 0. The molecular weight excluding hydrogens is 266 g/mol. The third-order valence-corrected chi connectivity index (χ3v) is 4.05. The fraction of sp³-hybridized carbons (Fsp3) is 0. The Kier molecular flexibility index (Phi) is 2.88. The van der Waals surface area contributed by atoms with Crippen molar-refractivity contribution >= 4 is 21.5 Å². The minimum Gasteiger partial charge on any atom is -0.192 e. The van der Waals surface area contributed by atoms with Crippen LogP contribution in [0.5, 0.6) is 0 Å². The molecule has 0 aliphatic heterocycles. The van der Waals surface area contributed by atoms with Gasteiger partial charge in [0.25, 0.3) is 0 Å². The highest BCUT2D eigenvalue weighted by Gasteiger charge is 2.02. The molecule has 0 saturated heterocycles. The van der Waals surface area contributed by atoms with Crippen molar-refractivity contribution in [2.45, 2.75) is 0 Å². The smallest absolute Gasteiger partial charge is 0.0991 e. The van der Waals surface area contributed by atoms with Crippen LogP contribution in [0.4, 0.5) is 0 Å². The maximum Gasteiger partial charge on any atom is 0.0991 e. The molecule has 0 aliphatic rings. The summed E-state index contributed by atoms with van der Waals surface area (Å²) in [6, 6.07) is 29.3. The Morgan fingerprint density at radius 2 is 1.14 bits per heavy atom. The van der Waals surface area contributed by atoms with Crippen LogP contribution in [0.15, 0.2) is 78.9 Å². The SMILES string of the molecule is N#Cc1ccc(-c2ccc3cc4ccccc4cc3c2)cc1. The highest BCUT2D eigenvalue weighted by Crippen LogP contribution is 2.28. The van der Waals surface area contributed by atoms with E-state index in [1.54, 1.807) is 0 Å². The van der Waals surface area contributed by atoms with E-state index in [1.807, 2.05) is 24.3 Å². The fourth-order valence-corrected chi connectivity index (χ4v) is 2.86. The molecule has 0 radical (unpaired) electrons. The van der Waals surface area contributed by atoms with Crippen LogP contribution in [0.1, 0.15) is 5.56 Å². The van der Waals surface area contributed by atoms with Crippen LogP contribution in [0.25, 0.3) is 32.7 Å². The lowest BCUT2D eigenvalue weighted by molar-refractivity contribution is 1.48. The Bertz CT molecular complexity index is 1020. The van der Waals surface area contributed by atoms with Gasteiger partial charge in [0.05, 0.1) is 11.6 Å². The third-order valence-electron chi connectivity index (χ3n) is 4.05. The van der Waals surface area contributed by atoms with E-state index in [2.05, 4.69) is 60.7 Å². The van der Waals surface area contributed by atoms with E-state index in [-0.39, 0.29) is 0 Å². The van der Waals surface area contributed by atoms with Crippen LogP contribution in [0.3, 0.4) is 0 Å². The van der Waals surface area contributed by atoms with E-state index < -0.39 is 0 Å². The van der Waals surface area contributed by atoms with Gasteiger partial charge in [-0.05, 0) is 63.0 Å². The fourth-order valence-electron chi connectivity index (χ4n) is 2.86. The van der Waals surface area contributed by atoms with Crippen molar-refractivity contribution in [3.05, 3.63) is 84.4 Å². The van der Waals surface area contributed by atoms with Crippen molar-refractivity contribution in [1.29, 1.82) is 5.26 Å². The Labute approximate surface area is 129 Å². The zero-order chi connectivity index (χ0) is 14.9. The van der Waals surface area contributed by atoms with Crippen LogP contribution in [-0.4, -0.2) is 0 Å². The first-order valence-electron chi connectivity index (χ1n) is 7.27. The largest absolute Gasteiger partial charge is 0.192 e. The molecule has 0 saturated carbocycles. The molecule has 102 valence electrons. The van der Waals surface area contributed by atoms with Crippen LogP contribution in [0, 0.1) is 11.3 Å². The summed E-state index contributed by atoms with van der Waals surface area (Å²) in [6.45, 7) is 0. The molecule has 0 fully saturated rings. The van der Waals surface area contributed by atoms with Crippen molar-refractivity contribution in [2.75, 3.05) is 0 Å². The van der Waals surface area contributed by atoms with Crippen molar-refractivity contribution in [2.24, 2.45) is 0 Å². The quantitative estimate of drug-likeness (QED) is 0.420. The molecule has 0 N–H and O–H groups in total. The van der Waals surface area contributed by atoms with Crippen molar-refractivity contribution in [1.82, 2.24) is 0 Å². The average Bonchev–Trinajstić information content (AvgIpc) is 2.59. The lowest BCUT2D eigenvalue weighted by atomic mass is 9.98. The molecule has 0 bridgehead atoms. The zero-order valence-electron chi connectivity index (χ0n) is 12.0. The van der Waals surface area contributed by atoms with Crippen LogP contribution in [0.2, 0.25) is 0 Å². The Hall–Kier alpha value is -3.11. The number of rotatable bonds is 1. The van der Waals surface area contributed by atoms with E-state index in [4.69, 9.17) is 5.26 Å². The van der Waals surface area contributed by atoms with Crippen molar-refractivity contribution < 1.29 is 0 Å². The maximum absolute atomic E-state index is 8.89. The van der Waals surface area contributed by atoms with Gasteiger partial charge in [-0.15, -0.1) is 0 Å². The molecule has 0 atom stereocenters. The molecule has 4 rings (SSSR count). The summed E-state index contributed by atoms with van der Waals surface area (Å²) in [6.07, 6.45) is 0. The summed E-state index contributed by atoms with van der Waals surface area (Å²) in [7, 11) is 0. The van der Waals surface area contributed by atoms with Crippen LogP contribution >= 0.6 is 0 Å². The molecule has 4 aromatic rings. The normalized spacial score (nSPS) is 10.7. The molecule has 1 nitrogen and oxygen atoms in total. The molecular formula is C21H13N. The van der Waals surface area contributed by atoms with Gasteiger partial charge < -0.3 is 0 Å². The van der Waals surface area contributed by atoms with Crippen molar-refractivity contribution in [3.8, 4) is 17.2 Å². The first-order chi connectivity index (χ1) is 10.8. The van der Waals surface area contributed by atoms with Gasteiger partial charge >= 0.3 is 0 Å². The van der Waals surface area contributed by atoms with Gasteiger partial charge in [0.15, 0.2) is 0 Å². The third kappa shape index (κ3) is 2.12. The second kappa shape index (κ2) is 5.02. The lowest BCUT2D eigenvalue weighted by Crippen LogP contribution is -1.81. The molecule has 0 unspecified atom stereocenters. The van der Waals surface area contributed by atoms with Gasteiger partial charge in [-0.25, -0.2) is 0 Å². The average molecular weight is 279 g/mol. The molecule has 1 heteroatoms. The first-order valence-corrected chi connectivity index (χ1v) is 7.27. The molecule has 0 heterocycles. The van der Waals surface area contributed by atoms with Gasteiger partial charge in [0, 0.05) is 0 Å². The molecule has 22 heavy (non-hydrogen) atoms. The number of fused-ring (bicyclic) bond motifs is 2. The van der Waals surface area contributed by atoms with Crippen molar-refractivity contribution in [3.63, 3.8) is 0 Å². The number of benzene rings is 4. The molecule has 0 spiro atoms. The van der Waals surface area contributed by atoms with Gasteiger partial charge in [0.2, 0.25) is 0 Å². The standard InChI is InChI=1S/C21H13N/c22-14-15-5-7-16(8-6-15)19-9-10-20-11-17-3-1-2-4-18(17)12-21(20)13-19/h1-13H. The predicted molar refractivity (Wildman–Crippen MR) is 91.6 cm³/mol. The van der Waals surface area contributed by atoms with E-state index in [0.29, 0.717) is 5.56 Å². The van der Waals surface area contributed by atoms with Crippen LogP contribution < -0.4 is 0 Å². The highest BCUT2D eigenvalue weighted by molar-refractivity contribution is 5.99. The minimum absolute atomic E-state index is 0.690. The minimum atomic E-state index is 0.690. The topological polar surface area (TPSA) is 23.8 Å². The number of nitriles is 1. The molecule has 0 aromatic heterocycles. The zero-order valence-corrected chi connectivity index (χ0v) is 12.0. The molecule has 0 aliphatic carbocycles. The Balaban J connectivity index is 1.88. The second-order valence-corrected chi connectivity index (χ2v) is 5.45. The highest BCUT2D eigenvalue weighted by atomic mass is 14.2. The number of hydrogen-bond donors (Lipinski definition) is 0. The van der Waals surface area contributed by atoms with E-state index in [1.165, 1.54) is 27.1 Å². The summed E-state index contributed by atoms with van der Waals surface area (Å²) >= 11 is 0. The van der Waals surface area contributed by atoms with Gasteiger partial charge in [0.1, 0.15) is 0 Å². The number of nitrogens with zero attached hydrogens (tertiary/aromatic N) is 1. The second-order valence-electron chi connectivity index (χ2n) is 5.45. The Morgan fingerprint density at radius 1 is 0.545 bits per heavy atom. The Morgan fingerprint density at radius 3 is 1.82 bits per heavy atom. The van der Waals surface area contributed by atoms with Crippen LogP contribution in [-0.2, 0) is 0 Å². The molecule has 4 aromatic carbocycles. The number of hydrogen-bond acceptors (Lipinski definition) is 1. The maximum atomic E-state index is 8.89.